The molecule has 0 saturated carbocycles. The second-order valence-corrected chi connectivity index (χ2v) is 6.94. The molecule has 0 aliphatic heterocycles. The van der Waals surface area contributed by atoms with E-state index >= 15 is 0 Å². The molecule has 4 heterocycles. The second-order valence-electron chi connectivity index (χ2n) is 5.88. The smallest absolute Gasteiger partial charge is 0.209 e. The highest BCUT2D eigenvalue weighted by Crippen LogP contribution is 2.26. The fourth-order valence-electron chi connectivity index (χ4n) is 2.73. The van der Waals surface area contributed by atoms with Crippen molar-refractivity contribution in [3.63, 3.8) is 0 Å². The Kier molecular flexibility index (Phi) is 4.67. The molecule has 138 valence electrons. The average molecular weight is 382 g/mol. The van der Waals surface area contributed by atoms with Gasteiger partial charge in [0.1, 0.15) is 11.5 Å². The Morgan fingerprint density at radius 3 is 2.78 bits per heavy atom. The van der Waals surface area contributed by atoms with Crippen LogP contribution >= 0.6 is 11.8 Å². The zero-order valence-corrected chi connectivity index (χ0v) is 16.0. The van der Waals surface area contributed by atoms with Crippen molar-refractivity contribution in [2.24, 2.45) is 14.1 Å². The van der Waals surface area contributed by atoms with Gasteiger partial charge in [0, 0.05) is 32.6 Å². The van der Waals surface area contributed by atoms with Gasteiger partial charge in [-0.25, -0.2) is 14.6 Å². The van der Waals surface area contributed by atoms with E-state index in [9.17, 15) is 0 Å². The molecule has 10 nitrogen and oxygen atoms in total. The van der Waals surface area contributed by atoms with Gasteiger partial charge in [-0.3, -0.25) is 9.67 Å². The molecule has 4 aromatic heterocycles. The highest BCUT2D eigenvalue weighted by Gasteiger charge is 2.16. The summed E-state index contributed by atoms with van der Waals surface area (Å²) in [6.45, 7) is 2.65. The summed E-state index contributed by atoms with van der Waals surface area (Å²) in [5.74, 6) is 2.11. The van der Waals surface area contributed by atoms with Crippen molar-refractivity contribution in [1.29, 1.82) is 0 Å². The van der Waals surface area contributed by atoms with E-state index < -0.39 is 0 Å². The van der Waals surface area contributed by atoms with E-state index in [1.807, 2.05) is 39.2 Å². The zero-order chi connectivity index (χ0) is 18.8. The molecular formula is C16H18N10S. The lowest BCUT2D eigenvalue weighted by Gasteiger charge is -2.09. The summed E-state index contributed by atoms with van der Waals surface area (Å²) in [5.41, 5.74) is 2.38. The molecule has 11 heteroatoms. The van der Waals surface area contributed by atoms with Gasteiger partial charge in [-0.2, -0.15) is 5.10 Å². The first-order valence-electron chi connectivity index (χ1n) is 8.35. The quantitative estimate of drug-likeness (QED) is 0.391. The number of pyridine rings is 1. The van der Waals surface area contributed by atoms with Gasteiger partial charge in [-0.05, 0) is 29.5 Å². The third-order valence-corrected chi connectivity index (χ3v) is 4.97. The summed E-state index contributed by atoms with van der Waals surface area (Å²) in [5, 5.41) is 21.0. The van der Waals surface area contributed by atoms with E-state index in [-0.39, 0.29) is 0 Å². The Labute approximate surface area is 159 Å². The van der Waals surface area contributed by atoms with Gasteiger partial charge in [0.2, 0.25) is 5.16 Å². The Morgan fingerprint density at radius 1 is 1.15 bits per heavy atom. The molecule has 4 rings (SSSR count). The highest BCUT2D eigenvalue weighted by atomic mass is 32.2. The zero-order valence-electron chi connectivity index (χ0n) is 15.2. The number of nitrogens with one attached hydrogen (secondary N) is 1. The van der Waals surface area contributed by atoms with Crippen molar-refractivity contribution >= 4 is 28.6 Å². The summed E-state index contributed by atoms with van der Waals surface area (Å²) in [4.78, 5) is 13.7. The van der Waals surface area contributed by atoms with Gasteiger partial charge >= 0.3 is 0 Å². The van der Waals surface area contributed by atoms with Crippen molar-refractivity contribution in [3.8, 4) is 11.5 Å². The molecule has 27 heavy (non-hydrogen) atoms. The minimum absolute atomic E-state index is 0.568. The number of rotatable bonds is 6. The minimum Gasteiger partial charge on any atom is -0.368 e. The first kappa shape index (κ1) is 17.3. The van der Waals surface area contributed by atoms with Crippen LogP contribution in [0.15, 0.2) is 29.6 Å². The van der Waals surface area contributed by atoms with Crippen LogP contribution in [0.5, 0.6) is 0 Å². The van der Waals surface area contributed by atoms with Crippen LogP contribution in [0.3, 0.4) is 0 Å². The Morgan fingerprint density at radius 2 is 2.04 bits per heavy atom. The maximum atomic E-state index is 4.70. The molecule has 4 aromatic rings. The lowest BCUT2D eigenvalue weighted by Crippen LogP contribution is -2.09. The van der Waals surface area contributed by atoms with Crippen LogP contribution in [0.4, 0.5) is 5.82 Å². The van der Waals surface area contributed by atoms with E-state index in [4.69, 9.17) is 4.98 Å². The maximum absolute atomic E-state index is 4.70. The fraction of sp³-hybridized carbons (Fsp3) is 0.312. The van der Waals surface area contributed by atoms with E-state index in [1.165, 1.54) is 0 Å². The monoisotopic (exact) mass is 382 g/mol. The van der Waals surface area contributed by atoms with Gasteiger partial charge in [0.05, 0.1) is 11.1 Å². The molecule has 0 saturated heterocycles. The lowest BCUT2D eigenvalue weighted by molar-refractivity contribution is 0.664. The first-order chi connectivity index (χ1) is 13.1. The second kappa shape index (κ2) is 7.27. The summed E-state index contributed by atoms with van der Waals surface area (Å²) in [6.07, 6.45) is 1.73. The number of aromatic nitrogens is 9. The normalized spacial score (nSPS) is 11.2. The van der Waals surface area contributed by atoms with Crippen LogP contribution in [0.25, 0.3) is 22.6 Å². The van der Waals surface area contributed by atoms with E-state index in [2.05, 4.69) is 35.9 Å². The van der Waals surface area contributed by atoms with E-state index in [1.54, 1.807) is 27.3 Å². The largest absolute Gasteiger partial charge is 0.368 e. The topological polar surface area (TPSA) is 112 Å². The number of anilines is 1. The van der Waals surface area contributed by atoms with Crippen molar-refractivity contribution in [3.05, 3.63) is 30.1 Å². The van der Waals surface area contributed by atoms with Crippen LogP contribution in [-0.2, 0) is 14.1 Å². The Hall–Kier alpha value is -3.08. The predicted octanol–water partition coefficient (Wildman–Crippen LogP) is 1.46. The third-order valence-electron chi connectivity index (χ3n) is 3.96. The number of aryl methyl sites for hydroxylation is 3. The van der Waals surface area contributed by atoms with Crippen molar-refractivity contribution < 1.29 is 0 Å². The fourth-order valence-corrected chi connectivity index (χ4v) is 3.44. The van der Waals surface area contributed by atoms with Crippen LogP contribution in [-0.4, -0.2) is 57.2 Å². The molecule has 0 bridgehead atoms. The molecule has 0 spiro atoms. The van der Waals surface area contributed by atoms with Crippen LogP contribution < -0.4 is 5.32 Å². The SMILES string of the molecule is Cc1nn(C)c2nc(-c3ccccn3)nc(NCCSc3nnnn3C)c12. The summed E-state index contributed by atoms with van der Waals surface area (Å²) in [6, 6.07) is 5.68. The van der Waals surface area contributed by atoms with Gasteiger partial charge in [-0.15, -0.1) is 5.10 Å². The number of hydrogen-bond donors (Lipinski definition) is 1. The highest BCUT2D eigenvalue weighted by molar-refractivity contribution is 7.99. The molecule has 0 aromatic carbocycles. The molecule has 0 amide bonds. The third kappa shape index (κ3) is 3.45. The average Bonchev–Trinajstić information content (AvgIpc) is 3.22. The molecule has 0 radical (unpaired) electrons. The molecule has 0 aliphatic rings. The molecular weight excluding hydrogens is 364 g/mol. The van der Waals surface area contributed by atoms with Crippen molar-refractivity contribution in [1.82, 2.24) is 44.9 Å². The molecule has 0 fully saturated rings. The molecule has 0 aliphatic carbocycles. The standard InChI is InChI=1S/C16H18N10S/c1-10-12-14(18-8-9-27-16-21-23-24-26(16)3)19-13(11-6-4-5-7-17-11)20-15(12)25(2)22-10/h4-7H,8-9H2,1-3H3,(H,18,19,20). The number of nitrogens with zero attached hydrogens (tertiary/aromatic N) is 9. The maximum Gasteiger partial charge on any atom is 0.209 e. The van der Waals surface area contributed by atoms with Gasteiger partial charge < -0.3 is 5.32 Å². The first-order valence-corrected chi connectivity index (χ1v) is 9.34. The minimum atomic E-state index is 0.568. The number of tetrazole rings is 1. The molecule has 1 N–H and O–H groups in total. The van der Waals surface area contributed by atoms with E-state index in [0.717, 1.165) is 39.1 Å². The Bertz CT molecular complexity index is 1070. The number of fused-ring (bicyclic) bond motifs is 1. The number of thioether (sulfide) groups is 1. The lowest BCUT2D eigenvalue weighted by atomic mass is 10.2. The van der Waals surface area contributed by atoms with Crippen LogP contribution in [0, 0.1) is 6.92 Å². The van der Waals surface area contributed by atoms with Gasteiger partial charge in [-0.1, -0.05) is 17.8 Å². The molecule has 0 unspecified atom stereocenters. The predicted molar refractivity (Wildman–Crippen MR) is 102 cm³/mol. The summed E-state index contributed by atoms with van der Waals surface area (Å²) >= 11 is 1.58. The van der Waals surface area contributed by atoms with Crippen LogP contribution in [0.2, 0.25) is 0 Å². The van der Waals surface area contributed by atoms with E-state index in [0.29, 0.717) is 12.4 Å². The summed E-state index contributed by atoms with van der Waals surface area (Å²) < 4.78 is 3.42. The summed E-state index contributed by atoms with van der Waals surface area (Å²) in [7, 11) is 3.70. The van der Waals surface area contributed by atoms with Gasteiger partial charge in [0.15, 0.2) is 11.5 Å². The molecule has 0 atom stereocenters. The Balaban J connectivity index is 1.61. The van der Waals surface area contributed by atoms with Gasteiger partial charge in [0.25, 0.3) is 0 Å². The van der Waals surface area contributed by atoms with Crippen LogP contribution in [0.1, 0.15) is 5.69 Å². The number of hydrogen-bond acceptors (Lipinski definition) is 9. The van der Waals surface area contributed by atoms with Crippen molar-refractivity contribution in [2.45, 2.75) is 12.1 Å². The van der Waals surface area contributed by atoms with Crippen molar-refractivity contribution in [2.75, 3.05) is 17.6 Å².